The van der Waals surface area contributed by atoms with Gasteiger partial charge in [0.25, 0.3) is 0 Å². The van der Waals surface area contributed by atoms with Gasteiger partial charge in [-0.05, 0) is 12.1 Å². The number of nitrogens with two attached hydrogens (primary N) is 1. The van der Waals surface area contributed by atoms with Gasteiger partial charge in [-0.15, -0.1) is 5.10 Å². The van der Waals surface area contributed by atoms with E-state index in [1.54, 1.807) is 7.05 Å². The average molecular weight is 216 g/mol. The van der Waals surface area contributed by atoms with Gasteiger partial charge in [0.05, 0.1) is 0 Å². The number of nitrogens with one attached hydrogen (secondary N) is 2. The van der Waals surface area contributed by atoms with Crippen LogP contribution in [0, 0.1) is 5.41 Å². The summed E-state index contributed by atoms with van der Waals surface area (Å²) in [4.78, 5) is 3.98. The first-order chi connectivity index (χ1) is 7.66. The fraction of sp³-hybridized carbons (Fsp3) is 0.100. The highest BCUT2D eigenvalue weighted by Gasteiger charge is 2.02. The van der Waals surface area contributed by atoms with Crippen LogP contribution in [0.2, 0.25) is 0 Å². The third kappa shape index (κ3) is 2.00. The molecule has 0 spiro atoms. The number of aromatic nitrogens is 3. The Labute approximate surface area is 92.3 Å². The van der Waals surface area contributed by atoms with E-state index < -0.39 is 0 Å². The largest absolute Gasteiger partial charge is 0.380 e. The van der Waals surface area contributed by atoms with E-state index in [9.17, 15) is 0 Å². The summed E-state index contributed by atoms with van der Waals surface area (Å²) in [6.07, 6.45) is 0. The van der Waals surface area contributed by atoms with Gasteiger partial charge in [0, 0.05) is 12.7 Å². The molecule has 4 N–H and O–H groups in total. The first-order valence-electron chi connectivity index (χ1n) is 4.74. The number of para-hydroxylation sites is 1. The zero-order valence-electron chi connectivity index (χ0n) is 8.81. The van der Waals surface area contributed by atoms with Crippen molar-refractivity contribution in [1.29, 1.82) is 5.41 Å². The molecule has 0 aliphatic heterocycles. The number of anilines is 3. The highest BCUT2D eigenvalue weighted by atomic mass is 15.3. The van der Waals surface area contributed by atoms with Crippen LogP contribution >= 0.6 is 0 Å². The lowest BCUT2D eigenvalue weighted by Crippen LogP contribution is -2.25. The molecule has 0 aliphatic rings. The van der Waals surface area contributed by atoms with Crippen molar-refractivity contribution in [2.75, 3.05) is 11.1 Å². The van der Waals surface area contributed by atoms with E-state index in [0.29, 0.717) is 5.95 Å². The normalized spacial score (nSPS) is 10.1. The zero-order chi connectivity index (χ0) is 11.5. The molecule has 16 heavy (non-hydrogen) atoms. The molecular formula is C10H12N6. The summed E-state index contributed by atoms with van der Waals surface area (Å²) in [5.74, 6) is 0.526. The Morgan fingerprint density at radius 2 is 2.00 bits per heavy atom. The van der Waals surface area contributed by atoms with Crippen LogP contribution in [0.4, 0.5) is 17.5 Å². The van der Waals surface area contributed by atoms with E-state index in [1.165, 1.54) is 4.68 Å². The van der Waals surface area contributed by atoms with Crippen molar-refractivity contribution in [3.63, 3.8) is 0 Å². The quantitative estimate of drug-likeness (QED) is 0.686. The van der Waals surface area contributed by atoms with Crippen molar-refractivity contribution in [1.82, 2.24) is 14.8 Å². The van der Waals surface area contributed by atoms with E-state index in [4.69, 9.17) is 11.1 Å². The number of nitrogens with zero attached hydrogens (tertiary/aromatic N) is 3. The van der Waals surface area contributed by atoms with E-state index in [2.05, 4.69) is 15.4 Å². The second kappa shape index (κ2) is 4.01. The van der Waals surface area contributed by atoms with Crippen molar-refractivity contribution in [3.05, 3.63) is 35.8 Å². The van der Waals surface area contributed by atoms with E-state index in [1.807, 2.05) is 30.3 Å². The smallest absolute Gasteiger partial charge is 0.247 e. The number of hydrogen-bond donors (Lipinski definition) is 3. The van der Waals surface area contributed by atoms with Gasteiger partial charge in [0.2, 0.25) is 5.95 Å². The molecule has 0 fully saturated rings. The zero-order valence-corrected chi connectivity index (χ0v) is 8.81. The predicted octanol–water partition coefficient (Wildman–Crippen LogP) is 0.620. The maximum Gasteiger partial charge on any atom is 0.247 e. The van der Waals surface area contributed by atoms with Crippen molar-refractivity contribution in [3.8, 4) is 0 Å². The van der Waals surface area contributed by atoms with Crippen molar-refractivity contribution >= 4 is 17.5 Å². The van der Waals surface area contributed by atoms with Crippen molar-refractivity contribution in [2.24, 2.45) is 7.05 Å². The molecule has 82 valence electrons. The molecule has 6 heteroatoms. The molecule has 0 atom stereocenters. The highest BCUT2D eigenvalue weighted by molar-refractivity contribution is 5.53. The number of aryl methyl sites for hydroxylation is 1. The molecule has 0 aliphatic carbocycles. The van der Waals surface area contributed by atoms with Gasteiger partial charge in [-0.25, -0.2) is 4.68 Å². The summed E-state index contributed by atoms with van der Waals surface area (Å²) in [6.45, 7) is 0. The monoisotopic (exact) mass is 216 g/mol. The number of benzene rings is 1. The van der Waals surface area contributed by atoms with E-state index in [0.717, 1.165) is 5.69 Å². The van der Waals surface area contributed by atoms with Crippen LogP contribution in [-0.4, -0.2) is 14.8 Å². The molecule has 1 aromatic carbocycles. The van der Waals surface area contributed by atoms with Gasteiger partial charge in [-0.1, -0.05) is 18.2 Å². The van der Waals surface area contributed by atoms with Gasteiger partial charge >= 0.3 is 0 Å². The summed E-state index contributed by atoms with van der Waals surface area (Å²) >= 11 is 0. The molecule has 2 rings (SSSR count). The third-order valence-electron chi connectivity index (χ3n) is 2.07. The molecule has 0 unspecified atom stereocenters. The molecule has 0 radical (unpaired) electrons. The molecule has 6 nitrogen and oxygen atoms in total. The third-order valence-corrected chi connectivity index (χ3v) is 2.07. The van der Waals surface area contributed by atoms with Crippen LogP contribution in [0.15, 0.2) is 30.3 Å². The maximum atomic E-state index is 7.51. The van der Waals surface area contributed by atoms with Crippen LogP contribution in [-0.2, 0) is 7.05 Å². The molecule has 0 amide bonds. The lowest BCUT2D eigenvalue weighted by Gasteiger charge is -2.06. The summed E-state index contributed by atoms with van der Waals surface area (Å²) in [5.41, 5.74) is 6.55. The summed E-state index contributed by atoms with van der Waals surface area (Å²) in [7, 11) is 1.65. The molecule has 0 saturated heterocycles. The van der Waals surface area contributed by atoms with E-state index in [-0.39, 0.29) is 11.3 Å². The predicted molar refractivity (Wildman–Crippen MR) is 61.0 cm³/mol. The second-order valence-electron chi connectivity index (χ2n) is 3.28. The lowest BCUT2D eigenvalue weighted by atomic mass is 10.3. The van der Waals surface area contributed by atoms with Gasteiger partial charge in [0.1, 0.15) is 0 Å². The molecule has 1 aromatic heterocycles. The molecule has 0 saturated carbocycles. The standard InChI is InChI=1S/C10H12N6/c1-16-9(12)8(11)14-10(15-16)13-7-5-3-2-4-6-7/h2-6,12H,1H3,(H3,11,13,14,15). The fourth-order valence-corrected chi connectivity index (χ4v) is 1.25. The first-order valence-corrected chi connectivity index (χ1v) is 4.74. The topological polar surface area (TPSA) is 92.6 Å². The van der Waals surface area contributed by atoms with Gasteiger partial charge in [-0.2, -0.15) is 4.98 Å². The van der Waals surface area contributed by atoms with Gasteiger partial charge < -0.3 is 11.1 Å². The average Bonchev–Trinajstić information content (AvgIpc) is 2.27. The van der Waals surface area contributed by atoms with Crippen LogP contribution in [0.3, 0.4) is 0 Å². The Balaban J connectivity index is 2.33. The van der Waals surface area contributed by atoms with Gasteiger partial charge in [-0.3, -0.25) is 5.41 Å². The lowest BCUT2D eigenvalue weighted by molar-refractivity contribution is 0.675. The van der Waals surface area contributed by atoms with Crippen LogP contribution in [0.5, 0.6) is 0 Å². The van der Waals surface area contributed by atoms with Crippen molar-refractivity contribution in [2.45, 2.75) is 0 Å². The summed E-state index contributed by atoms with van der Waals surface area (Å²) in [6, 6.07) is 9.53. The number of nitrogen functional groups attached to an aromatic ring is 1. The Morgan fingerprint density at radius 3 is 2.62 bits per heavy atom. The van der Waals surface area contributed by atoms with Crippen LogP contribution in [0.1, 0.15) is 0 Å². The molecule has 1 heterocycles. The Morgan fingerprint density at radius 1 is 1.31 bits per heavy atom. The Bertz CT molecular complexity index is 519. The number of rotatable bonds is 2. The van der Waals surface area contributed by atoms with Crippen molar-refractivity contribution < 1.29 is 0 Å². The Hall–Kier alpha value is -2.37. The summed E-state index contributed by atoms with van der Waals surface area (Å²) in [5, 5.41) is 14.6. The maximum absolute atomic E-state index is 7.51. The van der Waals surface area contributed by atoms with Gasteiger partial charge in [0.15, 0.2) is 11.3 Å². The highest BCUT2D eigenvalue weighted by Crippen LogP contribution is 2.10. The molecule has 0 bridgehead atoms. The summed E-state index contributed by atoms with van der Waals surface area (Å²) < 4.78 is 1.37. The number of hydrogen-bond acceptors (Lipinski definition) is 5. The SMILES string of the molecule is Cn1nc(Nc2ccccc2)nc(N)c1=N. The molecular weight excluding hydrogens is 204 g/mol. The second-order valence-corrected chi connectivity index (χ2v) is 3.28. The molecule has 2 aromatic rings. The van der Waals surface area contributed by atoms with Crippen LogP contribution < -0.4 is 16.5 Å². The minimum absolute atomic E-state index is 0.0959. The van der Waals surface area contributed by atoms with E-state index >= 15 is 0 Å². The van der Waals surface area contributed by atoms with Crippen LogP contribution in [0.25, 0.3) is 0 Å². The fourth-order valence-electron chi connectivity index (χ4n) is 1.25. The minimum atomic E-state index is 0.0959. The Kier molecular flexibility index (Phi) is 2.55. The minimum Gasteiger partial charge on any atom is -0.380 e. The first kappa shape index (κ1) is 10.2.